The molecule has 2 rings (SSSR count). The minimum absolute atomic E-state index is 0.621. The van der Waals surface area contributed by atoms with Gasteiger partial charge in [-0.15, -0.1) is 11.3 Å². The number of thiophene rings is 1. The van der Waals surface area contributed by atoms with Gasteiger partial charge in [0, 0.05) is 11.4 Å². The van der Waals surface area contributed by atoms with E-state index in [4.69, 9.17) is 0 Å². The van der Waals surface area contributed by atoms with Crippen molar-refractivity contribution in [2.75, 3.05) is 20.6 Å². The average Bonchev–Trinajstić information content (AvgIpc) is 3.01. The number of aryl methyl sites for hydroxylation is 1. The average molecular weight is 358 g/mol. The molecular formula is C14H20BrN3OS. The largest absolute Gasteiger partial charge is 0.381 e. The van der Waals surface area contributed by atoms with Crippen LogP contribution in [0.2, 0.25) is 0 Å². The number of hydrogen-bond donors (Lipinski definition) is 1. The van der Waals surface area contributed by atoms with Crippen LogP contribution in [0.25, 0.3) is 0 Å². The van der Waals surface area contributed by atoms with Crippen LogP contribution < -0.4 is 0 Å². The van der Waals surface area contributed by atoms with Crippen LogP contribution >= 0.6 is 27.3 Å². The van der Waals surface area contributed by atoms with Gasteiger partial charge in [0.05, 0.1) is 22.9 Å². The number of halogens is 1. The van der Waals surface area contributed by atoms with Gasteiger partial charge in [0.2, 0.25) is 0 Å². The Morgan fingerprint density at radius 2 is 2.25 bits per heavy atom. The normalized spacial score (nSPS) is 13.1. The zero-order chi connectivity index (χ0) is 14.7. The van der Waals surface area contributed by atoms with E-state index < -0.39 is 6.10 Å². The summed E-state index contributed by atoms with van der Waals surface area (Å²) in [4.78, 5) is 3.12. The van der Waals surface area contributed by atoms with E-state index in [0.717, 1.165) is 34.6 Å². The summed E-state index contributed by atoms with van der Waals surface area (Å²) in [5.41, 5.74) is 2.04. The Balaban J connectivity index is 2.29. The number of aromatic nitrogens is 2. The summed E-state index contributed by atoms with van der Waals surface area (Å²) in [5, 5.41) is 17.1. The van der Waals surface area contributed by atoms with E-state index >= 15 is 0 Å². The standard InChI is InChI=1S/C14H20BrN3OS/c1-4-10-5-8-20-14(10)13(19)12-11(15)9-16-18(12)7-6-17(2)3/h5,8-9,13,19H,4,6-7H2,1-3H3. The summed E-state index contributed by atoms with van der Waals surface area (Å²) >= 11 is 5.10. The van der Waals surface area contributed by atoms with E-state index in [2.05, 4.69) is 38.9 Å². The highest BCUT2D eigenvalue weighted by Crippen LogP contribution is 2.33. The van der Waals surface area contributed by atoms with E-state index in [-0.39, 0.29) is 0 Å². The maximum absolute atomic E-state index is 10.7. The van der Waals surface area contributed by atoms with E-state index in [9.17, 15) is 5.11 Å². The van der Waals surface area contributed by atoms with Crippen LogP contribution in [-0.2, 0) is 13.0 Å². The second-order valence-electron chi connectivity index (χ2n) is 4.97. The zero-order valence-corrected chi connectivity index (χ0v) is 14.4. The van der Waals surface area contributed by atoms with Crippen LogP contribution in [0.5, 0.6) is 0 Å². The molecule has 1 unspecified atom stereocenters. The van der Waals surface area contributed by atoms with Gasteiger partial charge in [-0.25, -0.2) is 0 Å². The van der Waals surface area contributed by atoms with Crippen molar-refractivity contribution in [2.45, 2.75) is 26.0 Å². The van der Waals surface area contributed by atoms with Crippen molar-refractivity contribution in [3.8, 4) is 0 Å². The van der Waals surface area contributed by atoms with Gasteiger partial charge in [-0.2, -0.15) is 5.10 Å². The Morgan fingerprint density at radius 3 is 2.90 bits per heavy atom. The molecule has 2 aromatic rings. The lowest BCUT2D eigenvalue weighted by Crippen LogP contribution is -2.21. The molecule has 0 saturated heterocycles. The first-order chi connectivity index (χ1) is 9.54. The zero-order valence-electron chi connectivity index (χ0n) is 12.0. The second kappa shape index (κ2) is 6.85. The lowest BCUT2D eigenvalue weighted by molar-refractivity contribution is 0.207. The van der Waals surface area contributed by atoms with Gasteiger partial charge >= 0.3 is 0 Å². The maximum atomic E-state index is 10.7. The monoisotopic (exact) mass is 357 g/mol. The minimum atomic E-state index is -0.621. The van der Waals surface area contributed by atoms with Crippen molar-refractivity contribution in [1.29, 1.82) is 0 Å². The highest BCUT2D eigenvalue weighted by Gasteiger charge is 2.22. The topological polar surface area (TPSA) is 41.3 Å². The van der Waals surface area contributed by atoms with E-state index in [1.165, 1.54) is 5.56 Å². The first kappa shape index (κ1) is 15.7. The minimum Gasteiger partial charge on any atom is -0.381 e. The van der Waals surface area contributed by atoms with Crippen LogP contribution in [0, 0.1) is 0 Å². The van der Waals surface area contributed by atoms with Gasteiger partial charge in [0.1, 0.15) is 6.10 Å². The summed E-state index contributed by atoms with van der Waals surface area (Å²) < 4.78 is 2.74. The molecule has 110 valence electrons. The van der Waals surface area contributed by atoms with E-state index in [0.29, 0.717) is 0 Å². The molecule has 20 heavy (non-hydrogen) atoms. The summed E-state index contributed by atoms with van der Waals surface area (Å²) in [6.45, 7) is 3.76. The van der Waals surface area contributed by atoms with Gasteiger partial charge in [0.25, 0.3) is 0 Å². The van der Waals surface area contributed by atoms with E-state index in [1.54, 1.807) is 17.5 Å². The molecule has 0 aliphatic rings. The third-order valence-electron chi connectivity index (χ3n) is 3.26. The van der Waals surface area contributed by atoms with Gasteiger partial charge in [-0.3, -0.25) is 4.68 Å². The molecule has 1 N–H and O–H groups in total. The number of aliphatic hydroxyl groups excluding tert-OH is 1. The highest BCUT2D eigenvalue weighted by molar-refractivity contribution is 9.10. The summed E-state index contributed by atoms with van der Waals surface area (Å²) in [6.07, 6.45) is 2.07. The molecule has 2 aromatic heterocycles. The Bertz CT molecular complexity index is 565. The molecule has 6 heteroatoms. The van der Waals surface area contributed by atoms with Crippen LogP contribution in [0.1, 0.15) is 29.2 Å². The van der Waals surface area contributed by atoms with Crippen molar-refractivity contribution in [1.82, 2.24) is 14.7 Å². The highest BCUT2D eigenvalue weighted by atomic mass is 79.9. The van der Waals surface area contributed by atoms with E-state index in [1.807, 2.05) is 24.2 Å². The van der Waals surface area contributed by atoms with Gasteiger partial charge in [0.15, 0.2) is 0 Å². The van der Waals surface area contributed by atoms with Crippen LogP contribution in [0.3, 0.4) is 0 Å². The number of nitrogens with zero attached hydrogens (tertiary/aromatic N) is 3. The molecule has 1 atom stereocenters. The van der Waals surface area contributed by atoms with Crippen molar-refractivity contribution >= 4 is 27.3 Å². The predicted molar refractivity (Wildman–Crippen MR) is 86.2 cm³/mol. The second-order valence-corrected chi connectivity index (χ2v) is 6.77. The fourth-order valence-corrected chi connectivity index (χ4v) is 3.62. The Kier molecular flexibility index (Phi) is 5.37. The van der Waals surface area contributed by atoms with Gasteiger partial charge < -0.3 is 10.0 Å². The molecule has 0 aliphatic carbocycles. The molecule has 0 aliphatic heterocycles. The third kappa shape index (κ3) is 3.31. The van der Waals surface area contributed by atoms with Gasteiger partial charge in [-0.1, -0.05) is 6.92 Å². The molecule has 0 spiro atoms. The predicted octanol–water partition coefficient (Wildman–Crippen LogP) is 2.91. The third-order valence-corrected chi connectivity index (χ3v) is 4.88. The van der Waals surface area contributed by atoms with Crippen molar-refractivity contribution in [3.05, 3.63) is 38.3 Å². The summed E-state index contributed by atoms with van der Waals surface area (Å²) in [6, 6.07) is 2.08. The fourth-order valence-electron chi connectivity index (χ4n) is 2.12. The van der Waals surface area contributed by atoms with Crippen LogP contribution in [0.4, 0.5) is 0 Å². The number of likely N-dealkylation sites (N-methyl/N-ethyl adjacent to an activating group) is 1. The van der Waals surface area contributed by atoms with Crippen LogP contribution in [-0.4, -0.2) is 40.4 Å². The van der Waals surface area contributed by atoms with Crippen molar-refractivity contribution in [3.63, 3.8) is 0 Å². The van der Waals surface area contributed by atoms with Crippen molar-refractivity contribution < 1.29 is 5.11 Å². The smallest absolute Gasteiger partial charge is 0.131 e. The maximum Gasteiger partial charge on any atom is 0.131 e. The Morgan fingerprint density at radius 1 is 1.50 bits per heavy atom. The molecule has 0 amide bonds. The first-order valence-corrected chi connectivity index (χ1v) is 8.32. The SMILES string of the molecule is CCc1ccsc1C(O)c1c(Br)cnn1CCN(C)C. The quantitative estimate of drug-likeness (QED) is 0.863. The molecule has 0 fully saturated rings. The summed E-state index contributed by atoms with van der Waals surface area (Å²) in [7, 11) is 4.06. The lowest BCUT2D eigenvalue weighted by Gasteiger charge is -2.16. The summed E-state index contributed by atoms with van der Waals surface area (Å²) in [5.74, 6) is 0. The Hall–Kier alpha value is -0.690. The number of rotatable bonds is 6. The lowest BCUT2D eigenvalue weighted by atomic mass is 10.1. The molecule has 2 heterocycles. The van der Waals surface area contributed by atoms with Crippen LogP contribution in [0.15, 0.2) is 22.1 Å². The molecule has 0 bridgehead atoms. The number of aliphatic hydroxyl groups is 1. The van der Waals surface area contributed by atoms with Crippen molar-refractivity contribution in [2.24, 2.45) is 0 Å². The number of hydrogen-bond acceptors (Lipinski definition) is 4. The molecular weight excluding hydrogens is 338 g/mol. The molecule has 0 saturated carbocycles. The Labute approximate surface area is 132 Å². The molecule has 0 aromatic carbocycles. The van der Waals surface area contributed by atoms with Gasteiger partial charge in [-0.05, 0) is 53.5 Å². The molecule has 4 nitrogen and oxygen atoms in total. The molecule has 0 radical (unpaired) electrons. The first-order valence-electron chi connectivity index (χ1n) is 6.64. The fraction of sp³-hybridized carbons (Fsp3) is 0.500.